The summed E-state index contributed by atoms with van der Waals surface area (Å²) in [7, 11) is 1.66. The van der Waals surface area contributed by atoms with Crippen LogP contribution in [0.4, 0.5) is 0 Å². The summed E-state index contributed by atoms with van der Waals surface area (Å²) in [6.45, 7) is 2.21. The number of methoxy groups -OCH3 is 1. The fraction of sp³-hybridized carbons (Fsp3) is 0.688. The summed E-state index contributed by atoms with van der Waals surface area (Å²) in [5.74, 6) is 0.772. The van der Waals surface area contributed by atoms with Crippen molar-refractivity contribution in [1.29, 1.82) is 0 Å². The van der Waals surface area contributed by atoms with Crippen LogP contribution in [0.1, 0.15) is 51.0 Å². The Kier molecular flexibility index (Phi) is 2.21. The molecule has 3 atom stereocenters. The molecule has 0 N–H and O–H groups in total. The van der Waals surface area contributed by atoms with Crippen molar-refractivity contribution in [3.63, 3.8) is 0 Å². The zero-order valence-corrected chi connectivity index (χ0v) is 12.2. The molecule has 2 aliphatic carbocycles. The fourth-order valence-corrected chi connectivity index (χ4v) is 5.18. The molecule has 3 aliphatic rings. The predicted molar refractivity (Wildman–Crippen MR) is 74.6 cm³/mol. The van der Waals surface area contributed by atoms with Gasteiger partial charge in [-0.15, -0.1) is 0 Å². The Labute approximate surface area is 119 Å². The molecule has 106 valence electrons. The standard InChI is InChI=1S/C16H21N3O/c1-14-3-4-15(10-14)5-6-16(11-15,19(14)17)12-7-13(20-2)9-18-8-12/h7-9H,3-6,10-11H2,1-2H3. The number of hydrogen-bond donors (Lipinski definition) is 0. The van der Waals surface area contributed by atoms with Crippen LogP contribution in [-0.4, -0.2) is 22.3 Å². The Balaban J connectivity index is 1.86. The Morgan fingerprint density at radius 1 is 1.20 bits per heavy atom. The van der Waals surface area contributed by atoms with Gasteiger partial charge in [0, 0.05) is 37.4 Å². The molecule has 4 nitrogen and oxygen atoms in total. The molecule has 2 saturated carbocycles. The van der Waals surface area contributed by atoms with Crippen molar-refractivity contribution in [3.8, 4) is 5.75 Å². The maximum atomic E-state index is 11.0. The lowest BCUT2D eigenvalue weighted by molar-refractivity contribution is -0.705. The first kappa shape index (κ1) is 12.3. The molecular weight excluding hydrogens is 250 g/mol. The second-order valence-corrected chi connectivity index (χ2v) is 7.31. The average Bonchev–Trinajstić information content (AvgIpc) is 2.97. The summed E-state index contributed by atoms with van der Waals surface area (Å²) in [6, 6.07) is 2.04. The smallest absolute Gasteiger partial charge is 0.179 e. The third-order valence-corrected chi connectivity index (χ3v) is 6.09. The molecule has 1 aromatic rings. The zero-order valence-electron chi connectivity index (χ0n) is 12.2. The lowest BCUT2D eigenvalue weighted by Gasteiger charge is -2.43. The van der Waals surface area contributed by atoms with Crippen molar-refractivity contribution >= 4 is 0 Å². The van der Waals surface area contributed by atoms with Gasteiger partial charge in [-0.2, -0.15) is 0 Å². The maximum absolute atomic E-state index is 11.0. The van der Waals surface area contributed by atoms with E-state index in [1.807, 2.05) is 12.3 Å². The number of aromatic nitrogens is 1. The summed E-state index contributed by atoms with van der Waals surface area (Å²) in [6.07, 6.45) is 10.4. The van der Waals surface area contributed by atoms with E-state index in [1.165, 1.54) is 12.8 Å². The van der Waals surface area contributed by atoms with Crippen LogP contribution in [-0.2, 0) is 5.54 Å². The zero-order chi connectivity index (χ0) is 14.0. The van der Waals surface area contributed by atoms with Gasteiger partial charge in [-0.1, -0.05) is 0 Å². The first-order chi connectivity index (χ1) is 9.52. The SMILES string of the molecule is COc1cncc(C23CCC4(CCC(C)(C4)[N+]2=[N-])C3)c1. The highest BCUT2D eigenvalue weighted by molar-refractivity contribution is 5.31. The van der Waals surface area contributed by atoms with E-state index in [0.717, 1.165) is 37.0 Å². The minimum Gasteiger partial charge on any atom is -0.506 e. The topological polar surface area (TPSA) is 47.4 Å². The molecule has 1 aromatic heterocycles. The molecule has 4 heteroatoms. The normalized spacial score (nSPS) is 42.0. The van der Waals surface area contributed by atoms with Crippen molar-refractivity contribution in [2.24, 2.45) is 5.41 Å². The van der Waals surface area contributed by atoms with Crippen LogP contribution < -0.4 is 4.74 Å². The Morgan fingerprint density at radius 2 is 2.00 bits per heavy atom. The second-order valence-electron chi connectivity index (χ2n) is 7.31. The highest BCUT2D eigenvalue weighted by Crippen LogP contribution is 2.67. The molecule has 0 radical (unpaired) electrons. The van der Waals surface area contributed by atoms with E-state index in [9.17, 15) is 5.53 Å². The van der Waals surface area contributed by atoms with Gasteiger partial charge in [0.2, 0.25) is 0 Å². The average molecular weight is 271 g/mol. The molecule has 3 bridgehead atoms. The number of piperidine rings is 1. The first-order valence-electron chi connectivity index (χ1n) is 7.51. The quantitative estimate of drug-likeness (QED) is 0.773. The van der Waals surface area contributed by atoms with Gasteiger partial charge in [0.05, 0.1) is 13.3 Å². The van der Waals surface area contributed by atoms with Crippen molar-refractivity contribution < 1.29 is 9.43 Å². The monoisotopic (exact) mass is 271 g/mol. The predicted octanol–water partition coefficient (Wildman–Crippen LogP) is 3.45. The van der Waals surface area contributed by atoms with Crippen LogP contribution in [0.5, 0.6) is 5.75 Å². The largest absolute Gasteiger partial charge is 0.506 e. The third-order valence-electron chi connectivity index (χ3n) is 6.09. The van der Waals surface area contributed by atoms with Gasteiger partial charge in [0.1, 0.15) is 11.3 Å². The molecular formula is C16H21N3O. The van der Waals surface area contributed by atoms with Crippen LogP contribution in [0.25, 0.3) is 5.53 Å². The van der Waals surface area contributed by atoms with Crippen LogP contribution in [0.15, 0.2) is 18.5 Å². The fourth-order valence-electron chi connectivity index (χ4n) is 5.18. The summed E-state index contributed by atoms with van der Waals surface area (Å²) in [5.41, 5.74) is 12.2. The maximum Gasteiger partial charge on any atom is 0.179 e. The first-order valence-corrected chi connectivity index (χ1v) is 7.51. The number of ether oxygens (including phenoxy) is 1. The number of rotatable bonds is 2. The van der Waals surface area contributed by atoms with Crippen LogP contribution >= 0.6 is 0 Å². The van der Waals surface area contributed by atoms with E-state index < -0.39 is 0 Å². The Hall–Kier alpha value is -1.45. The Bertz CT molecular complexity index is 601. The van der Waals surface area contributed by atoms with Gasteiger partial charge >= 0.3 is 0 Å². The van der Waals surface area contributed by atoms with Gasteiger partial charge in [0.25, 0.3) is 0 Å². The van der Waals surface area contributed by atoms with Crippen molar-refractivity contribution in [2.45, 2.75) is 56.5 Å². The van der Waals surface area contributed by atoms with E-state index in [0.29, 0.717) is 5.41 Å². The highest BCUT2D eigenvalue weighted by atomic mass is 16.5. The molecule has 4 rings (SSSR count). The van der Waals surface area contributed by atoms with Gasteiger partial charge < -0.3 is 15.0 Å². The molecule has 1 saturated heterocycles. The molecule has 20 heavy (non-hydrogen) atoms. The van der Waals surface area contributed by atoms with E-state index in [1.54, 1.807) is 18.0 Å². The van der Waals surface area contributed by atoms with E-state index >= 15 is 0 Å². The molecule has 0 aromatic carbocycles. The van der Waals surface area contributed by atoms with Gasteiger partial charge in [-0.3, -0.25) is 4.98 Å². The summed E-state index contributed by atoms with van der Waals surface area (Å²) < 4.78 is 6.99. The molecule has 1 spiro atoms. The lowest BCUT2D eigenvalue weighted by atomic mass is 9.74. The summed E-state index contributed by atoms with van der Waals surface area (Å²) >= 11 is 0. The molecule has 3 unspecified atom stereocenters. The molecule has 3 fully saturated rings. The van der Waals surface area contributed by atoms with E-state index in [4.69, 9.17) is 4.74 Å². The summed E-state index contributed by atoms with van der Waals surface area (Å²) in [4.78, 5) is 4.30. The minimum atomic E-state index is -0.259. The van der Waals surface area contributed by atoms with Crippen LogP contribution in [0.3, 0.4) is 0 Å². The van der Waals surface area contributed by atoms with E-state index in [2.05, 4.69) is 11.9 Å². The van der Waals surface area contributed by atoms with Crippen LogP contribution in [0, 0.1) is 5.41 Å². The van der Waals surface area contributed by atoms with Crippen molar-refractivity contribution in [3.05, 3.63) is 29.6 Å². The number of nitrogens with zero attached hydrogens (tertiary/aromatic N) is 3. The second kappa shape index (κ2) is 3.60. The van der Waals surface area contributed by atoms with Crippen molar-refractivity contribution in [1.82, 2.24) is 4.98 Å². The molecule has 2 heterocycles. The van der Waals surface area contributed by atoms with Crippen molar-refractivity contribution in [2.75, 3.05) is 7.11 Å². The van der Waals surface area contributed by atoms with Crippen LogP contribution in [0.2, 0.25) is 0 Å². The number of hydrogen-bond acceptors (Lipinski definition) is 2. The van der Waals surface area contributed by atoms with Gasteiger partial charge in [-0.05, 0) is 31.2 Å². The third kappa shape index (κ3) is 1.34. The highest BCUT2D eigenvalue weighted by Gasteiger charge is 2.68. The molecule has 0 amide bonds. The number of fused-ring (bicyclic) bond motifs is 2. The van der Waals surface area contributed by atoms with Gasteiger partial charge in [-0.25, -0.2) is 0 Å². The summed E-state index contributed by atoms with van der Waals surface area (Å²) in [5, 5.41) is 0. The minimum absolute atomic E-state index is 0.0716. The van der Waals surface area contributed by atoms with E-state index in [-0.39, 0.29) is 11.1 Å². The number of pyridine rings is 1. The molecule has 1 aliphatic heterocycles. The lowest BCUT2D eigenvalue weighted by Crippen LogP contribution is -2.51. The Morgan fingerprint density at radius 3 is 2.80 bits per heavy atom. The van der Waals surface area contributed by atoms with Gasteiger partial charge in [0.15, 0.2) is 5.54 Å².